The summed E-state index contributed by atoms with van der Waals surface area (Å²) in [5, 5.41) is 7.83. The highest BCUT2D eigenvalue weighted by atomic mass is 15.3. The molecule has 17 heavy (non-hydrogen) atoms. The Morgan fingerprint density at radius 3 is 2.65 bits per heavy atom. The van der Waals surface area contributed by atoms with E-state index in [0.29, 0.717) is 6.04 Å². The van der Waals surface area contributed by atoms with Crippen LogP contribution in [-0.2, 0) is 20.0 Å². The molecule has 1 heterocycles. The smallest absolute Gasteiger partial charge is 0.0762 e. The summed E-state index contributed by atoms with van der Waals surface area (Å²) in [6.45, 7) is 3.03. The van der Waals surface area contributed by atoms with Gasteiger partial charge in [0.1, 0.15) is 0 Å². The summed E-state index contributed by atoms with van der Waals surface area (Å²) in [5.41, 5.74) is 2.46. The van der Waals surface area contributed by atoms with Crippen LogP contribution < -0.4 is 5.32 Å². The van der Waals surface area contributed by atoms with E-state index in [0.717, 1.165) is 18.7 Å². The lowest BCUT2D eigenvalue weighted by atomic mass is 10.1. The standard InChI is InChI=1S/C14H19N3/c1-12(10-13-6-4-3-5-7-13)15-11-14-8-9-17(2)16-14/h3-9,12,15H,10-11H2,1-2H3. The van der Waals surface area contributed by atoms with Crippen LogP contribution in [0.4, 0.5) is 0 Å². The fraction of sp³-hybridized carbons (Fsp3) is 0.357. The van der Waals surface area contributed by atoms with Crippen molar-refractivity contribution in [1.82, 2.24) is 15.1 Å². The first kappa shape index (κ1) is 11.9. The van der Waals surface area contributed by atoms with E-state index in [1.807, 2.05) is 24.0 Å². The zero-order valence-corrected chi connectivity index (χ0v) is 10.4. The predicted octanol–water partition coefficient (Wildman–Crippen LogP) is 2.14. The molecule has 0 spiro atoms. The van der Waals surface area contributed by atoms with E-state index in [-0.39, 0.29) is 0 Å². The Labute approximate surface area is 102 Å². The van der Waals surface area contributed by atoms with Gasteiger partial charge in [0.2, 0.25) is 0 Å². The second-order valence-electron chi connectivity index (χ2n) is 4.45. The summed E-state index contributed by atoms with van der Waals surface area (Å²) in [6.07, 6.45) is 3.02. The molecule has 2 aromatic rings. The minimum Gasteiger partial charge on any atom is -0.308 e. The fourth-order valence-corrected chi connectivity index (χ4v) is 1.88. The Balaban J connectivity index is 1.80. The number of aromatic nitrogens is 2. The number of benzene rings is 1. The van der Waals surface area contributed by atoms with Crippen LogP contribution in [0.15, 0.2) is 42.6 Å². The van der Waals surface area contributed by atoms with Crippen molar-refractivity contribution >= 4 is 0 Å². The molecular weight excluding hydrogens is 210 g/mol. The molecule has 0 aliphatic heterocycles. The van der Waals surface area contributed by atoms with Crippen molar-refractivity contribution < 1.29 is 0 Å². The summed E-state index contributed by atoms with van der Waals surface area (Å²) >= 11 is 0. The number of nitrogens with one attached hydrogen (secondary N) is 1. The van der Waals surface area contributed by atoms with E-state index in [9.17, 15) is 0 Å². The summed E-state index contributed by atoms with van der Waals surface area (Å²) in [5.74, 6) is 0. The summed E-state index contributed by atoms with van der Waals surface area (Å²) in [7, 11) is 1.94. The van der Waals surface area contributed by atoms with E-state index < -0.39 is 0 Å². The highest BCUT2D eigenvalue weighted by Crippen LogP contribution is 2.03. The van der Waals surface area contributed by atoms with Gasteiger partial charge >= 0.3 is 0 Å². The van der Waals surface area contributed by atoms with Crippen molar-refractivity contribution in [3.8, 4) is 0 Å². The van der Waals surface area contributed by atoms with Crippen molar-refractivity contribution in [2.75, 3.05) is 0 Å². The molecule has 1 atom stereocenters. The molecule has 1 aromatic carbocycles. The molecule has 1 N–H and O–H groups in total. The molecule has 0 radical (unpaired) electrons. The monoisotopic (exact) mass is 229 g/mol. The minimum atomic E-state index is 0.458. The van der Waals surface area contributed by atoms with Crippen LogP contribution in [0.5, 0.6) is 0 Å². The van der Waals surface area contributed by atoms with Gasteiger partial charge in [-0.25, -0.2) is 0 Å². The third-order valence-corrected chi connectivity index (χ3v) is 2.79. The lowest BCUT2D eigenvalue weighted by molar-refractivity contribution is 0.536. The minimum absolute atomic E-state index is 0.458. The molecule has 3 nitrogen and oxygen atoms in total. The topological polar surface area (TPSA) is 29.9 Å². The molecular formula is C14H19N3. The average molecular weight is 229 g/mol. The highest BCUT2D eigenvalue weighted by molar-refractivity contribution is 5.15. The maximum Gasteiger partial charge on any atom is 0.0762 e. The van der Waals surface area contributed by atoms with Crippen LogP contribution >= 0.6 is 0 Å². The first-order valence-electron chi connectivity index (χ1n) is 6.00. The van der Waals surface area contributed by atoms with Gasteiger partial charge in [0, 0.05) is 25.8 Å². The van der Waals surface area contributed by atoms with Crippen LogP contribution in [0.3, 0.4) is 0 Å². The molecule has 1 aromatic heterocycles. The van der Waals surface area contributed by atoms with Gasteiger partial charge in [-0.3, -0.25) is 4.68 Å². The maximum atomic E-state index is 4.34. The van der Waals surface area contributed by atoms with E-state index in [2.05, 4.69) is 47.7 Å². The normalized spacial score (nSPS) is 12.6. The Morgan fingerprint density at radius 1 is 1.24 bits per heavy atom. The van der Waals surface area contributed by atoms with Crippen molar-refractivity contribution in [3.05, 3.63) is 53.9 Å². The summed E-state index contributed by atoms with van der Waals surface area (Å²) < 4.78 is 1.83. The quantitative estimate of drug-likeness (QED) is 0.851. The molecule has 0 bridgehead atoms. The molecule has 0 aliphatic rings. The van der Waals surface area contributed by atoms with Crippen LogP contribution in [-0.4, -0.2) is 15.8 Å². The van der Waals surface area contributed by atoms with Gasteiger partial charge in [-0.1, -0.05) is 30.3 Å². The lowest BCUT2D eigenvalue weighted by Crippen LogP contribution is -2.27. The van der Waals surface area contributed by atoms with E-state index >= 15 is 0 Å². The largest absolute Gasteiger partial charge is 0.308 e. The molecule has 3 heteroatoms. The van der Waals surface area contributed by atoms with Gasteiger partial charge in [-0.2, -0.15) is 5.10 Å². The molecule has 90 valence electrons. The molecule has 0 saturated carbocycles. The van der Waals surface area contributed by atoms with Crippen LogP contribution in [0.1, 0.15) is 18.2 Å². The van der Waals surface area contributed by atoms with Gasteiger partial charge < -0.3 is 5.32 Å². The third kappa shape index (κ3) is 3.71. The number of nitrogens with zero attached hydrogens (tertiary/aromatic N) is 2. The average Bonchev–Trinajstić information content (AvgIpc) is 2.74. The third-order valence-electron chi connectivity index (χ3n) is 2.79. The van der Waals surface area contributed by atoms with Gasteiger partial charge in [-0.15, -0.1) is 0 Å². The first-order chi connectivity index (χ1) is 8.24. The Bertz CT molecular complexity index is 448. The fourth-order valence-electron chi connectivity index (χ4n) is 1.88. The number of hydrogen-bond acceptors (Lipinski definition) is 2. The Hall–Kier alpha value is -1.61. The van der Waals surface area contributed by atoms with Gasteiger partial charge in [-0.05, 0) is 25.0 Å². The van der Waals surface area contributed by atoms with Crippen LogP contribution in [0.25, 0.3) is 0 Å². The Morgan fingerprint density at radius 2 is 2.00 bits per heavy atom. The zero-order valence-electron chi connectivity index (χ0n) is 10.4. The second kappa shape index (κ2) is 5.64. The number of hydrogen-bond donors (Lipinski definition) is 1. The van der Waals surface area contributed by atoms with Gasteiger partial charge in [0.05, 0.1) is 5.69 Å². The van der Waals surface area contributed by atoms with Crippen LogP contribution in [0, 0.1) is 0 Å². The van der Waals surface area contributed by atoms with Crippen LogP contribution in [0.2, 0.25) is 0 Å². The van der Waals surface area contributed by atoms with Crippen molar-refractivity contribution in [2.24, 2.45) is 7.05 Å². The van der Waals surface area contributed by atoms with Crippen molar-refractivity contribution in [2.45, 2.75) is 25.9 Å². The summed E-state index contributed by atoms with van der Waals surface area (Å²) in [6, 6.07) is 13.1. The molecule has 1 unspecified atom stereocenters. The van der Waals surface area contributed by atoms with E-state index in [1.54, 1.807) is 0 Å². The zero-order chi connectivity index (χ0) is 12.1. The highest BCUT2D eigenvalue weighted by Gasteiger charge is 2.03. The van der Waals surface area contributed by atoms with Crippen molar-refractivity contribution in [1.29, 1.82) is 0 Å². The lowest BCUT2D eigenvalue weighted by Gasteiger charge is -2.12. The second-order valence-corrected chi connectivity index (χ2v) is 4.45. The number of rotatable bonds is 5. The van der Waals surface area contributed by atoms with E-state index in [1.165, 1.54) is 5.56 Å². The van der Waals surface area contributed by atoms with Crippen molar-refractivity contribution in [3.63, 3.8) is 0 Å². The predicted molar refractivity (Wildman–Crippen MR) is 69.7 cm³/mol. The molecule has 0 saturated heterocycles. The van der Waals surface area contributed by atoms with Gasteiger partial charge in [0.15, 0.2) is 0 Å². The SMILES string of the molecule is CC(Cc1ccccc1)NCc1ccn(C)n1. The molecule has 0 aliphatic carbocycles. The molecule has 0 amide bonds. The maximum absolute atomic E-state index is 4.34. The van der Waals surface area contributed by atoms with E-state index in [4.69, 9.17) is 0 Å². The van der Waals surface area contributed by atoms with Gasteiger partial charge in [0.25, 0.3) is 0 Å². The summed E-state index contributed by atoms with van der Waals surface area (Å²) in [4.78, 5) is 0. The first-order valence-corrected chi connectivity index (χ1v) is 6.00. The number of aryl methyl sites for hydroxylation is 1. The molecule has 2 rings (SSSR count). The molecule has 0 fully saturated rings. The Kier molecular flexibility index (Phi) is 3.94.